The number of methoxy groups -OCH3 is 1. The van der Waals surface area contributed by atoms with Crippen molar-refractivity contribution in [3.8, 4) is 5.75 Å². The number of anilines is 1. The molecule has 3 aromatic rings. The Hall–Kier alpha value is -2.97. The molecule has 2 amide bonds. The lowest BCUT2D eigenvalue weighted by Crippen LogP contribution is -2.39. The molecule has 2 aromatic carbocycles. The third-order valence-corrected chi connectivity index (χ3v) is 6.43. The van der Waals surface area contributed by atoms with Gasteiger partial charge in [-0.05, 0) is 55.3 Å². The van der Waals surface area contributed by atoms with Crippen LogP contribution < -0.4 is 10.1 Å². The van der Waals surface area contributed by atoms with E-state index >= 15 is 0 Å². The van der Waals surface area contributed by atoms with Gasteiger partial charge >= 0.3 is 0 Å². The molecular formula is C22H21ClN4O3S. The largest absolute Gasteiger partial charge is 0.497 e. The van der Waals surface area contributed by atoms with Crippen molar-refractivity contribution in [1.29, 1.82) is 0 Å². The van der Waals surface area contributed by atoms with E-state index in [1.807, 2.05) is 4.90 Å². The molecule has 1 aliphatic rings. The van der Waals surface area contributed by atoms with Gasteiger partial charge in [-0.3, -0.25) is 9.59 Å². The molecule has 4 rings (SSSR count). The van der Waals surface area contributed by atoms with Crippen LogP contribution in [0.5, 0.6) is 5.75 Å². The molecule has 1 fully saturated rings. The van der Waals surface area contributed by atoms with Gasteiger partial charge in [0, 0.05) is 35.3 Å². The zero-order valence-electron chi connectivity index (χ0n) is 16.9. The summed E-state index contributed by atoms with van der Waals surface area (Å²) in [4.78, 5) is 27.2. The van der Waals surface area contributed by atoms with Crippen molar-refractivity contribution >= 4 is 40.4 Å². The van der Waals surface area contributed by atoms with Gasteiger partial charge in [0.1, 0.15) is 10.8 Å². The molecule has 0 aliphatic carbocycles. The molecule has 1 aliphatic heterocycles. The average molecular weight is 457 g/mol. The van der Waals surface area contributed by atoms with Crippen LogP contribution in [0.4, 0.5) is 5.69 Å². The Bertz CT molecular complexity index is 1090. The summed E-state index contributed by atoms with van der Waals surface area (Å²) in [7, 11) is 1.59. The number of nitrogens with zero attached hydrogens (tertiary/aromatic N) is 3. The Balaban J connectivity index is 1.42. The van der Waals surface area contributed by atoms with Gasteiger partial charge in [0.2, 0.25) is 5.01 Å². The summed E-state index contributed by atoms with van der Waals surface area (Å²) in [5, 5.41) is 12.7. The summed E-state index contributed by atoms with van der Waals surface area (Å²) in [6.07, 6.45) is 1.77. The number of benzene rings is 2. The standard InChI is InChI=1S/C22H21ClN4O3S/c1-30-18-9-7-14(8-10-18)22(29)27-11-3-4-15(13-27)20-25-26-21(31-20)19(28)24-17-6-2-5-16(23)12-17/h2,5-10,12,15H,3-4,11,13H2,1H3,(H,24,28)/t15-/m1/s1. The number of rotatable bonds is 5. The van der Waals surface area contributed by atoms with E-state index in [1.165, 1.54) is 11.3 Å². The Morgan fingerprint density at radius 3 is 2.74 bits per heavy atom. The monoisotopic (exact) mass is 456 g/mol. The first kappa shape index (κ1) is 21.3. The molecule has 0 saturated carbocycles. The molecule has 1 aromatic heterocycles. The predicted molar refractivity (Wildman–Crippen MR) is 120 cm³/mol. The van der Waals surface area contributed by atoms with E-state index in [2.05, 4.69) is 15.5 Å². The molecule has 0 unspecified atom stereocenters. The first-order valence-corrected chi connectivity index (χ1v) is 11.1. The molecule has 2 heterocycles. The molecule has 160 valence electrons. The van der Waals surface area contributed by atoms with Crippen molar-refractivity contribution in [2.75, 3.05) is 25.5 Å². The van der Waals surface area contributed by atoms with Gasteiger partial charge in [-0.1, -0.05) is 29.0 Å². The zero-order valence-corrected chi connectivity index (χ0v) is 18.4. The molecule has 0 bridgehead atoms. The van der Waals surface area contributed by atoms with Gasteiger partial charge in [0.25, 0.3) is 11.8 Å². The minimum atomic E-state index is -0.326. The molecular weight excluding hydrogens is 436 g/mol. The Morgan fingerprint density at radius 2 is 2.00 bits per heavy atom. The molecule has 9 heteroatoms. The number of aromatic nitrogens is 2. The number of amides is 2. The second kappa shape index (κ2) is 9.45. The lowest BCUT2D eigenvalue weighted by atomic mass is 9.98. The summed E-state index contributed by atoms with van der Waals surface area (Å²) >= 11 is 7.23. The number of nitrogens with one attached hydrogen (secondary N) is 1. The van der Waals surface area contributed by atoms with Crippen LogP contribution in [0.2, 0.25) is 5.02 Å². The van der Waals surface area contributed by atoms with Crippen molar-refractivity contribution in [3.05, 3.63) is 69.1 Å². The molecule has 1 saturated heterocycles. The maximum absolute atomic E-state index is 12.9. The Morgan fingerprint density at radius 1 is 1.19 bits per heavy atom. The van der Waals surface area contributed by atoms with Crippen LogP contribution in [-0.2, 0) is 0 Å². The molecule has 7 nitrogen and oxygen atoms in total. The number of hydrogen-bond acceptors (Lipinski definition) is 6. The highest BCUT2D eigenvalue weighted by atomic mass is 35.5. The number of halogens is 1. The summed E-state index contributed by atoms with van der Waals surface area (Å²) in [6, 6.07) is 14.0. The normalized spacial score (nSPS) is 16.1. The molecule has 31 heavy (non-hydrogen) atoms. The van der Waals surface area contributed by atoms with Crippen molar-refractivity contribution in [1.82, 2.24) is 15.1 Å². The fourth-order valence-corrected chi connectivity index (χ4v) is 4.58. The van der Waals surface area contributed by atoms with Gasteiger partial charge in [-0.25, -0.2) is 0 Å². The third-order valence-electron chi connectivity index (χ3n) is 5.11. The van der Waals surface area contributed by atoms with Crippen molar-refractivity contribution in [2.45, 2.75) is 18.8 Å². The fraction of sp³-hybridized carbons (Fsp3) is 0.273. The van der Waals surface area contributed by atoms with E-state index in [9.17, 15) is 9.59 Å². The quantitative estimate of drug-likeness (QED) is 0.612. The van der Waals surface area contributed by atoms with Crippen LogP contribution in [0.3, 0.4) is 0 Å². The zero-order chi connectivity index (χ0) is 21.8. The van der Waals surface area contributed by atoms with Crippen molar-refractivity contribution in [3.63, 3.8) is 0 Å². The predicted octanol–water partition coefficient (Wildman–Crippen LogP) is 4.47. The van der Waals surface area contributed by atoms with Gasteiger partial charge in [0.15, 0.2) is 0 Å². The number of likely N-dealkylation sites (tertiary alicyclic amines) is 1. The molecule has 0 radical (unpaired) electrons. The third kappa shape index (κ3) is 5.03. The highest BCUT2D eigenvalue weighted by Crippen LogP contribution is 2.30. The van der Waals surface area contributed by atoms with Gasteiger partial charge in [-0.2, -0.15) is 0 Å². The number of carbonyl (C=O) groups excluding carboxylic acids is 2. The maximum atomic E-state index is 12.9. The Labute approximate surface area is 189 Å². The first-order valence-electron chi connectivity index (χ1n) is 9.87. The molecule has 1 atom stereocenters. The highest BCUT2D eigenvalue weighted by molar-refractivity contribution is 7.13. The number of ether oxygens (including phenoxy) is 1. The minimum absolute atomic E-state index is 0.0178. The van der Waals surface area contributed by atoms with E-state index < -0.39 is 0 Å². The maximum Gasteiger partial charge on any atom is 0.286 e. The van der Waals surface area contributed by atoms with Crippen molar-refractivity contribution in [2.24, 2.45) is 0 Å². The minimum Gasteiger partial charge on any atom is -0.497 e. The van der Waals surface area contributed by atoms with Crippen LogP contribution in [0.1, 0.15) is 43.9 Å². The van der Waals surface area contributed by atoms with Gasteiger partial charge in [-0.15, -0.1) is 10.2 Å². The number of piperidine rings is 1. The molecule has 0 spiro atoms. The van der Waals surface area contributed by atoms with E-state index in [4.69, 9.17) is 16.3 Å². The summed E-state index contributed by atoms with van der Waals surface area (Å²) in [6.45, 7) is 1.25. The molecule has 1 N–H and O–H groups in total. The second-order valence-corrected chi connectivity index (χ2v) is 8.67. The topological polar surface area (TPSA) is 84.4 Å². The van der Waals surface area contributed by atoms with E-state index in [0.29, 0.717) is 35.1 Å². The summed E-state index contributed by atoms with van der Waals surface area (Å²) in [5.41, 5.74) is 1.23. The van der Waals surface area contributed by atoms with Crippen LogP contribution >= 0.6 is 22.9 Å². The highest BCUT2D eigenvalue weighted by Gasteiger charge is 2.28. The van der Waals surface area contributed by atoms with Crippen LogP contribution in [-0.4, -0.2) is 47.1 Å². The summed E-state index contributed by atoms with van der Waals surface area (Å²) < 4.78 is 5.16. The van der Waals surface area contributed by atoms with Gasteiger partial charge in [0.05, 0.1) is 7.11 Å². The van der Waals surface area contributed by atoms with Crippen LogP contribution in [0.25, 0.3) is 0 Å². The first-order chi connectivity index (χ1) is 15.0. The number of hydrogen-bond donors (Lipinski definition) is 1. The number of carbonyl (C=O) groups is 2. The smallest absolute Gasteiger partial charge is 0.286 e. The lowest BCUT2D eigenvalue weighted by molar-refractivity contribution is 0.0706. The van der Waals surface area contributed by atoms with Crippen LogP contribution in [0.15, 0.2) is 48.5 Å². The second-order valence-electron chi connectivity index (χ2n) is 7.23. The Kier molecular flexibility index (Phi) is 6.48. The SMILES string of the molecule is COc1ccc(C(=O)N2CCC[C@@H](c3nnc(C(=O)Nc4cccc(Cl)c4)s3)C2)cc1. The van der Waals surface area contributed by atoms with Gasteiger partial charge < -0.3 is 15.0 Å². The van der Waals surface area contributed by atoms with E-state index in [-0.39, 0.29) is 22.7 Å². The van der Waals surface area contributed by atoms with E-state index in [0.717, 1.165) is 17.8 Å². The van der Waals surface area contributed by atoms with Crippen molar-refractivity contribution < 1.29 is 14.3 Å². The fourth-order valence-electron chi connectivity index (χ4n) is 3.52. The summed E-state index contributed by atoms with van der Waals surface area (Å²) in [5.74, 6) is 0.426. The van der Waals surface area contributed by atoms with Crippen LogP contribution in [0, 0.1) is 0 Å². The van der Waals surface area contributed by atoms with E-state index in [1.54, 1.807) is 55.6 Å². The lowest BCUT2D eigenvalue weighted by Gasteiger charge is -2.31. The average Bonchev–Trinajstić information content (AvgIpc) is 3.29.